The summed E-state index contributed by atoms with van der Waals surface area (Å²) in [5, 5.41) is 0. The predicted octanol–water partition coefficient (Wildman–Crippen LogP) is 4.63. The van der Waals surface area contributed by atoms with E-state index in [1.54, 1.807) is 0 Å². The highest BCUT2D eigenvalue weighted by Gasteiger charge is 2.40. The molecule has 2 unspecified atom stereocenters. The molecule has 20 heavy (non-hydrogen) atoms. The van der Waals surface area contributed by atoms with E-state index in [0.717, 1.165) is 12.8 Å². The molecule has 1 saturated heterocycles. The minimum atomic E-state index is -0.0897. The Morgan fingerprint density at radius 1 is 1.10 bits per heavy atom. The lowest BCUT2D eigenvalue weighted by Gasteiger charge is -2.39. The lowest BCUT2D eigenvalue weighted by Crippen LogP contribution is -2.46. The van der Waals surface area contributed by atoms with Gasteiger partial charge in [0, 0.05) is 18.0 Å². The molecule has 112 valence electrons. The molecule has 1 aliphatic carbocycles. The summed E-state index contributed by atoms with van der Waals surface area (Å²) in [6.07, 6.45) is 13.8. The summed E-state index contributed by atoms with van der Waals surface area (Å²) >= 11 is 0. The van der Waals surface area contributed by atoms with Crippen molar-refractivity contribution in [3.05, 3.63) is 24.3 Å². The van der Waals surface area contributed by atoms with Crippen molar-refractivity contribution in [2.45, 2.75) is 71.4 Å². The van der Waals surface area contributed by atoms with Crippen molar-refractivity contribution < 1.29 is 9.31 Å². The molecule has 2 rings (SSSR count). The number of hydrogen-bond acceptors (Lipinski definition) is 2. The summed E-state index contributed by atoms with van der Waals surface area (Å²) in [6, 6.07) is 0. The minimum absolute atomic E-state index is 0.0897. The van der Waals surface area contributed by atoms with Gasteiger partial charge in [-0.05, 0) is 24.7 Å². The predicted molar refractivity (Wildman–Crippen MR) is 85.7 cm³/mol. The van der Waals surface area contributed by atoms with E-state index in [4.69, 9.17) is 9.31 Å². The largest absolute Gasteiger partial charge is 0.468 e. The fourth-order valence-corrected chi connectivity index (χ4v) is 3.37. The van der Waals surface area contributed by atoms with Gasteiger partial charge in [0.05, 0.1) is 0 Å². The first-order valence-electron chi connectivity index (χ1n) is 8.29. The van der Waals surface area contributed by atoms with E-state index in [0.29, 0.717) is 29.9 Å². The van der Waals surface area contributed by atoms with Gasteiger partial charge >= 0.3 is 7.12 Å². The molecule has 2 atom stereocenters. The lowest BCUT2D eigenvalue weighted by molar-refractivity contribution is -0.0212. The average Bonchev–Trinajstić information content (AvgIpc) is 2.93. The Morgan fingerprint density at radius 3 is 2.30 bits per heavy atom. The summed E-state index contributed by atoms with van der Waals surface area (Å²) in [7, 11) is -0.0897. The van der Waals surface area contributed by atoms with Crippen LogP contribution in [-0.4, -0.2) is 19.3 Å². The van der Waals surface area contributed by atoms with Crippen LogP contribution in [0.15, 0.2) is 24.3 Å². The third-order valence-corrected chi connectivity index (χ3v) is 4.53. The Kier molecular flexibility index (Phi) is 5.92. The fraction of sp³-hybridized carbons (Fsp3) is 0.765. The SMILES string of the molecule is CCC(CC)C1CC(CC(C)C)OB(C2C=CC=C2)O1. The van der Waals surface area contributed by atoms with Crippen LogP contribution < -0.4 is 0 Å². The van der Waals surface area contributed by atoms with Crippen LogP contribution in [0.2, 0.25) is 5.82 Å². The highest BCUT2D eigenvalue weighted by molar-refractivity contribution is 6.48. The maximum absolute atomic E-state index is 6.30. The Bertz CT molecular complexity index is 335. The van der Waals surface area contributed by atoms with Crippen molar-refractivity contribution in [1.29, 1.82) is 0 Å². The molecule has 0 aromatic carbocycles. The van der Waals surface area contributed by atoms with Crippen molar-refractivity contribution in [3.8, 4) is 0 Å². The first-order valence-corrected chi connectivity index (χ1v) is 8.29. The maximum atomic E-state index is 6.30. The van der Waals surface area contributed by atoms with Gasteiger partial charge in [-0.25, -0.2) is 0 Å². The molecule has 0 N–H and O–H groups in total. The lowest BCUT2D eigenvalue weighted by atomic mass is 9.69. The van der Waals surface area contributed by atoms with Gasteiger partial charge in [0.25, 0.3) is 0 Å². The molecule has 2 nitrogen and oxygen atoms in total. The third kappa shape index (κ3) is 3.99. The molecule has 0 spiro atoms. The standard InChI is InChI=1S/C17H29BO2/c1-5-14(6-2)17-12-16(11-13(3)4)19-18(20-17)15-9-7-8-10-15/h7-10,13-17H,5-6,11-12H2,1-4H3. The second-order valence-corrected chi connectivity index (χ2v) is 6.59. The van der Waals surface area contributed by atoms with E-state index in [2.05, 4.69) is 52.0 Å². The highest BCUT2D eigenvalue weighted by Crippen LogP contribution is 2.34. The summed E-state index contributed by atoms with van der Waals surface area (Å²) < 4.78 is 12.5. The quantitative estimate of drug-likeness (QED) is 0.659. The zero-order chi connectivity index (χ0) is 14.5. The van der Waals surface area contributed by atoms with Gasteiger partial charge in [-0.2, -0.15) is 0 Å². The Balaban J connectivity index is 2.05. The summed E-state index contributed by atoms with van der Waals surface area (Å²) in [4.78, 5) is 0. The Labute approximate surface area is 124 Å². The van der Waals surface area contributed by atoms with Gasteiger partial charge in [-0.1, -0.05) is 64.8 Å². The molecule has 0 saturated carbocycles. The van der Waals surface area contributed by atoms with Gasteiger partial charge in [-0.3, -0.25) is 0 Å². The van der Waals surface area contributed by atoms with Crippen LogP contribution in [0, 0.1) is 11.8 Å². The van der Waals surface area contributed by atoms with Crippen molar-refractivity contribution in [2.75, 3.05) is 0 Å². The normalized spacial score (nSPS) is 27.2. The van der Waals surface area contributed by atoms with Gasteiger partial charge in [0.2, 0.25) is 0 Å². The first-order chi connectivity index (χ1) is 9.63. The number of allylic oxidation sites excluding steroid dienone is 4. The van der Waals surface area contributed by atoms with Crippen molar-refractivity contribution in [3.63, 3.8) is 0 Å². The minimum Gasteiger partial charge on any atom is -0.408 e. The third-order valence-electron chi connectivity index (χ3n) is 4.53. The van der Waals surface area contributed by atoms with E-state index in [1.807, 2.05) is 0 Å². The molecule has 0 aromatic rings. The fourth-order valence-electron chi connectivity index (χ4n) is 3.37. The van der Waals surface area contributed by atoms with Crippen LogP contribution in [0.3, 0.4) is 0 Å². The molecular formula is C17H29BO2. The van der Waals surface area contributed by atoms with E-state index < -0.39 is 0 Å². The topological polar surface area (TPSA) is 18.5 Å². The van der Waals surface area contributed by atoms with Crippen molar-refractivity contribution in [1.82, 2.24) is 0 Å². The summed E-state index contributed by atoms with van der Waals surface area (Å²) in [6.45, 7) is 9.09. The van der Waals surface area contributed by atoms with E-state index in [-0.39, 0.29) is 7.12 Å². The van der Waals surface area contributed by atoms with Gasteiger partial charge in [0.15, 0.2) is 0 Å². The monoisotopic (exact) mass is 276 g/mol. The molecule has 3 heteroatoms. The Morgan fingerprint density at radius 2 is 1.75 bits per heavy atom. The first kappa shape index (κ1) is 15.8. The van der Waals surface area contributed by atoms with Crippen LogP contribution in [0.1, 0.15) is 53.4 Å². The number of hydrogen-bond donors (Lipinski definition) is 0. The zero-order valence-electron chi connectivity index (χ0n) is 13.4. The molecule has 1 heterocycles. The Hall–Kier alpha value is -0.535. The van der Waals surface area contributed by atoms with Crippen LogP contribution in [0.4, 0.5) is 0 Å². The van der Waals surface area contributed by atoms with Crippen LogP contribution in [0.25, 0.3) is 0 Å². The smallest absolute Gasteiger partial charge is 0.408 e. The van der Waals surface area contributed by atoms with Gasteiger partial charge in [0.1, 0.15) is 0 Å². The summed E-state index contributed by atoms with van der Waals surface area (Å²) in [5.41, 5.74) is 0. The van der Waals surface area contributed by atoms with E-state index in [1.165, 1.54) is 12.8 Å². The van der Waals surface area contributed by atoms with Crippen molar-refractivity contribution in [2.24, 2.45) is 11.8 Å². The van der Waals surface area contributed by atoms with Crippen LogP contribution in [-0.2, 0) is 9.31 Å². The van der Waals surface area contributed by atoms with Crippen LogP contribution in [0.5, 0.6) is 0 Å². The molecule has 0 bridgehead atoms. The highest BCUT2D eigenvalue weighted by atomic mass is 16.6. The van der Waals surface area contributed by atoms with Gasteiger partial charge in [-0.15, -0.1) is 0 Å². The molecule has 1 aliphatic heterocycles. The number of rotatable bonds is 6. The second-order valence-electron chi connectivity index (χ2n) is 6.59. The van der Waals surface area contributed by atoms with E-state index >= 15 is 0 Å². The summed E-state index contributed by atoms with van der Waals surface area (Å²) in [5.74, 6) is 1.63. The molecule has 2 aliphatic rings. The molecule has 0 amide bonds. The molecule has 0 aromatic heterocycles. The van der Waals surface area contributed by atoms with E-state index in [9.17, 15) is 0 Å². The van der Waals surface area contributed by atoms with Crippen LogP contribution >= 0.6 is 0 Å². The average molecular weight is 276 g/mol. The second kappa shape index (κ2) is 7.47. The van der Waals surface area contributed by atoms with Gasteiger partial charge < -0.3 is 9.31 Å². The molecule has 1 fully saturated rings. The molecular weight excluding hydrogens is 247 g/mol. The maximum Gasteiger partial charge on any atom is 0.468 e. The zero-order valence-corrected chi connectivity index (χ0v) is 13.4. The van der Waals surface area contributed by atoms with Crippen molar-refractivity contribution >= 4 is 7.12 Å². The molecule has 0 radical (unpaired) electrons.